The van der Waals surface area contributed by atoms with E-state index >= 15 is 0 Å². The van der Waals surface area contributed by atoms with Crippen molar-refractivity contribution in [1.29, 1.82) is 0 Å². The smallest absolute Gasteiger partial charge is 0.127 e. The quantitative estimate of drug-likeness (QED) is 0.873. The zero-order valence-electron chi connectivity index (χ0n) is 10.8. The summed E-state index contributed by atoms with van der Waals surface area (Å²) in [5.74, 6) is 0.863. The molecular weight excluding hydrogens is 240 g/mol. The number of rotatable bonds is 3. The van der Waals surface area contributed by atoms with Gasteiger partial charge in [-0.15, -0.1) is 0 Å². The third-order valence-electron chi connectivity index (χ3n) is 3.26. The Kier molecular flexibility index (Phi) is 3.09. The molecule has 1 aromatic rings. The number of hydrogen-bond donors (Lipinski definition) is 2. The van der Waals surface area contributed by atoms with E-state index in [0.29, 0.717) is 6.61 Å². The van der Waals surface area contributed by atoms with Crippen LogP contribution in [0.4, 0.5) is 11.4 Å². The van der Waals surface area contributed by atoms with Gasteiger partial charge in [0.15, 0.2) is 0 Å². The van der Waals surface area contributed by atoms with Gasteiger partial charge in [0.1, 0.15) is 11.8 Å². The highest BCUT2D eigenvalue weighted by atomic mass is 16.5. The Labute approximate surface area is 112 Å². The normalized spacial score (nSPS) is 19.8. The minimum atomic E-state index is -0.0647. The Morgan fingerprint density at radius 1 is 1.42 bits per heavy atom. The van der Waals surface area contributed by atoms with Crippen LogP contribution >= 0.6 is 0 Å². The Morgan fingerprint density at radius 3 is 3.11 bits per heavy atom. The molecule has 4 nitrogen and oxygen atoms in total. The maximum atomic E-state index is 9.41. The van der Waals surface area contributed by atoms with Crippen molar-refractivity contribution < 1.29 is 9.84 Å². The molecule has 0 spiro atoms. The lowest BCUT2D eigenvalue weighted by atomic mass is 9.99. The molecule has 19 heavy (non-hydrogen) atoms. The third kappa shape index (κ3) is 2.04. The molecule has 0 saturated carbocycles. The molecule has 0 saturated heterocycles. The molecule has 1 aliphatic heterocycles. The fraction of sp³-hybridized carbons (Fsp3) is 0.267. The number of fused-ring (bicyclic) bond motifs is 2. The van der Waals surface area contributed by atoms with E-state index in [0.717, 1.165) is 28.4 Å². The summed E-state index contributed by atoms with van der Waals surface area (Å²) in [5, 5.41) is 12.8. The SMILES string of the molecule is CCOC1=CC=CC2=Nc3cccc(CO)c3NC12. The Morgan fingerprint density at radius 2 is 2.32 bits per heavy atom. The number of benzene rings is 1. The number of hydrogen-bond acceptors (Lipinski definition) is 4. The van der Waals surface area contributed by atoms with Crippen LogP contribution in [0.2, 0.25) is 0 Å². The summed E-state index contributed by atoms with van der Waals surface area (Å²) in [6.45, 7) is 2.59. The van der Waals surface area contributed by atoms with Crippen LogP contribution in [0.5, 0.6) is 0 Å². The van der Waals surface area contributed by atoms with E-state index in [-0.39, 0.29) is 12.6 Å². The number of aliphatic hydroxyl groups is 1. The molecule has 2 N–H and O–H groups in total. The van der Waals surface area contributed by atoms with Gasteiger partial charge in [0, 0.05) is 5.56 Å². The van der Waals surface area contributed by atoms with Crippen LogP contribution in [0.3, 0.4) is 0 Å². The molecular formula is C15H16N2O2. The molecule has 1 aromatic carbocycles. The van der Waals surface area contributed by atoms with E-state index < -0.39 is 0 Å². The fourth-order valence-corrected chi connectivity index (χ4v) is 2.39. The molecule has 1 unspecified atom stereocenters. The van der Waals surface area contributed by atoms with Gasteiger partial charge in [-0.3, -0.25) is 0 Å². The number of anilines is 1. The number of ether oxygens (including phenoxy) is 1. The van der Waals surface area contributed by atoms with Crippen molar-refractivity contribution in [1.82, 2.24) is 0 Å². The maximum absolute atomic E-state index is 9.41. The third-order valence-corrected chi connectivity index (χ3v) is 3.26. The lowest BCUT2D eigenvalue weighted by molar-refractivity contribution is 0.221. The van der Waals surface area contributed by atoms with E-state index in [1.54, 1.807) is 0 Å². The van der Waals surface area contributed by atoms with Crippen LogP contribution < -0.4 is 5.32 Å². The van der Waals surface area contributed by atoms with Gasteiger partial charge in [-0.1, -0.05) is 18.2 Å². The van der Waals surface area contributed by atoms with Gasteiger partial charge in [-0.25, -0.2) is 4.99 Å². The summed E-state index contributed by atoms with van der Waals surface area (Å²) in [7, 11) is 0. The molecule has 2 aliphatic rings. The average molecular weight is 256 g/mol. The Hall–Kier alpha value is -2.07. The van der Waals surface area contributed by atoms with E-state index in [1.165, 1.54) is 0 Å². The first-order chi connectivity index (χ1) is 9.33. The minimum Gasteiger partial charge on any atom is -0.496 e. The number of aliphatic imine (C=N–C) groups is 1. The molecule has 0 amide bonds. The average Bonchev–Trinajstić information content (AvgIpc) is 2.45. The molecule has 1 heterocycles. The molecule has 1 aliphatic carbocycles. The van der Waals surface area contributed by atoms with Gasteiger partial charge in [0.2, 0.25) is 0 Å². The topological polar surface area (TPSA) is 53.9 Å². The first-order valence-corrected chi connectivity index (χ1v) is 6.42. The van der Waals surface area contributed by atoms with Gasteiger partial charge in [-0.2, -0.15) is 0 Å². The number of allylic oxidation sites excluding steroid dienone is 2. The summed E-state index contributed by atoms with van der Waals surface area (Å²) in [4.78, 5) is 4.64. The van der Waals surface area contributed by atoms with E-state index in [9.17, 15) is 5.11 Å². The first-order valence-electron chi connectivity index (χ1n) is 6.42. The summed E-state index contributed by atoms with van der Waals surface area (Å²) in [5.41, 5.74) is 3.54. The van der Waals surface area contributed by atoms with Gasteiger partial charge >= 0.3 is 0 Å². The van der Waals surface area contributed by atoms with Crippen LogP contribution in [-0.4, -0.2) is 23.5 Å². The molecule has 0 radical (unpaired) electrons. The number of nitrogens with one attached hydrogen (secondary N) is 1. The van der Waals surface area contributed by atoms with Crippen molar-refractivity contribution in [3.63, 3.8) is 0 Å². The lowest BCUT2D eigenvalue weighted by Gasteiger charge is -2.30. The zero-order valence-corrected chi connectivity index (χ0v) is 10.8. The molecule has 3 rings (SSSR count). The predicted octanol–water partition coefficient (Wildman–Crippen LogP) is 2.54. The lowest BCUT2D eigenvalue weighted by Crippen LogP contribution is -2.35. The first kappa shape index (κ1) is 12.0. The second-order valence-electron chi connectivity index (χ2n) is 4.44. The zero-order chi connectivity index (χ0) is 13.2. The summed E-state index contributed by atoms with van der Waals surface area (Å²) < 4.78 is 5.64. The van der Waals surface area contributed by atoms with E-state index in [4.69, 9.17) is 4.74 Å². The van der Waals surface area contributed by atoms with Gasteiger partial charge < -0.3 is 15.2 Å². The highest BCUT2D eigenvalue weighted by molar-refractivity contribution is 6.08. The molecule has 0 bridgehead atoms. The maximum Gasteiger partial charge on any atom is 0.127 e. The van der Waals surface area contributed by atoms with E-state index in [1.807, 2.05) is 43.4 Å². The van der Waals surface area contributed by atoms with Crippen molar-refractivity contribution in [2.45, 2.75) is 19.6 Å². The predicted molar refractivity (Wildman–Crippen MR) is 75.7 cm³/mol. The number of para-hydroxylation sites is 1. The highest BCUT2D eigenvalue weighted by Gasteiger charge is 2.28. The Bertz CT molecular complexity index is 588. The fourth-order valence-electron chi connectivity index (χ4n) is 2.39. The second-order valence-corrected chi connectivity index (χ2v) is 4.44. The minimum absolute atomic E-state index is 0.00271. The van der Waals surface area contributed by atoms with Gasteiger partial charge in [0.25, 0.3) is 0 Å². The highest BCUT2D eigenvalue weighted by Crippen LogP contribution is 2.35. The van der Waals surface area contributed by atoms with Crippen LogP contribution in [0, 0.1) is 0 Å². The monoisotopic (exact) mass is 256 g/mol. The van der Waals surface area contributed by atoms with Crippen molar-refractivity contribution in [2.24, 2.45) is 4.99 Å². The van der Waals surface area contributed by atoms with E-state index in [2.05, 4.69) is 10.3 Å². The van der Waals surface area contributed by atoms with Crippen molar-refractivity contribution >= 4 is 17.1 Å². The second kappa shape index (κ2) is 4.90. The summed E-state index contributed by atoms with van der Waals surface area (Å²) >= 11 is 0. The number of aliphatic hydroxyl groups excluding tert-OH is 1. The number of nitrogens with zero attached hydrogens (tertiary/aromatic N) is 1. The van der Waals surface area contributed by atoms with Crippen molar-refractivity contribution in [2.75, 3.05) is 11.9 Å². The van der Waals surface area contributed by atoms with Gasteiger partial charge in [-0.05, 0) is 25.1 Å². The van der Waals surface area contributed by atoms with Gasteiger partial charge in [0.05, 0.1) is 30.3 Å². The van der Waals surface area contributed by atoms with Crippen molar-refractivity contribution in [3.8, 4) is 0 Å². The molecule has 0 fully saturated rings. The van der Waals surface area contributed by atoms with Crippen LogP contribution in [0.25, 0.3) is 0 Å². The van der Waals surface area contributed by atoms with Crippen LogP contribution in [-0.2, 0) is 11.3 Å². The Balaban J connectivity index is 2.03. The standard InChI is InChI=1S/C15H16N2O2/c1-2-19-13-8-4-7-12-15(13)17-14-10(9-18)5-3-6-11(14)16-12/h3-8,15,17-18H,2,9H2,1H3. The summed E-state index contributed by atoms with van der Waals surface area (Å²) in [6.07, 6.45) is 5.88. The molecule has 1 atom stereocenters. The molecule has 4 heteroatoms. The molecule has 98 valence electrons. The van der Waals surface area contributed by atoms with Crippen LogP contribution in [0.1, 0.15) is 12.5 Å². The van der Waals surface area contributed by atoms with Crippen molar-refractivity contribution in [3.05, 3.63) is 47.7 Å². The van der Waals surface area contributed by atoms with Crippen LogP contribution in [0.15, 0.2) is 47.2 Å². The largest absolute Gasteiger partial charge is 0.496 e. The molecule has 0 aromatic heterocycles. The summed E-state index contributed by atoms with van der Waals surface area (Å²) in [6, 6.07) is 5.68.